The number of aromatic nitrogens is 1. The van der Waals surface area contributed by atoms with Crippen LogP contribution in [0.1, 0.15) is 20.8 Å². The van der Waals surface area contributed by atoms with Gasteiger partial charge in [-0.05, 0) is 32.9 Å². The van der Waals surface area contributed by atoms with Gasteiger partial charge >= 0.3 is 11.8 Å². The predicted molar refractivity (Wildman–Crippen MR) is 108 cm³/mol. The molecule has 1 aromatic carbocycles. The molecule has 1 aromatic heterocycles. The molecule has 1 N–H and O–H groups in total. The van der Waals surface area contributed by atoms with Crippen molar-refractivity contribution in [1.82, 2.24) is 19.7 Å². The highest BCUT2D eigenvalue weighted by Gasteiger charge is 2.25. The van der Waals surface area contributed by atoms with Gasteiger partial charge in [0.25, 0.3) is 0 Å². The predicted octanol–water partition coefficient (Wildman–Crippen LogP) is 1.26. The van der Waals surface area contributed by atoms with E-state index in [1.165, 1.54) is 4.57 Å². The Hall–Kier alpha value is -2.81. The van der Waals surface area contributed by atoms with Crippen molar-refractivity contribution in [3.8, 4) is 0 Å². The highest BCUT2D eigenvalue weighted by Crippen LogP contribution is 2.12. The molecule has 3 rings (SSSR count). The molecule has 2 aromatic rings. The number of piperazine rings is 1. The van der Waals surface area contributed by atoms with Gasteiger partial charge in [0.15, 0.2) is 5.58 Å². The summed E-state index contributed by atoms with van der Waals surface area (Å²) in [4.78, 5) is 40.1. The molecule has 2 amide bonds. The van der Waals surface area contributed by atoms with Gasteiger partial charge in [-0.1, -0.05) is 12.1 Å². The molecule has 1 saturated heterocycles. The third-order valence-corrected chi connectivity index (χ3v) is 4.65. The van der Waals surface area contributed by atoms with Gasteiger partial charge < -0.3 is 19.4 Å². The Morgan fingerprint density at radius 3 is 2.52 bits per heavy atom. The Morgan fingerprint density at radius 1 is 1.14 bits per heavy atom. The van der Waals surface area contributed by atoms with Gasteiger partial charge in [-0.3, -0.25) is 14.3 Å². The lowest BCUT2D eigenvalue weighted by Crippen LogP contribution is -2.51. The minimum absolute atomic E-state index is 0.0811. The van der Waals surface area contributed by atoms with Crippen LogP contribution in [-0.4, -0.2) is 71.2 Å². The van der Waals surface area contributed by atoms with E-state index < -0.39 is 11.4 Å². The first-order valence-corrected chi connectivity index (χ1v) is 9.78. The smallest absolute Gasteiger partial charge is 0.420 e. The minimum atomic E-state index is -0.542. The van der Waals surface area contributed by atoms with Crippen molar-refractivity contribution in [3.63, 3.8) is 0 Å². The van der Waals surface area contributed by atoms with E-state index in [0.717, 1.165) is 13.1 Å². The number of benzene rings is 1. The zero-order valence-electron chi connectivity index (χ0n) is 17.1. The number of ether oxygens (including phenoxy) is 1. The summed E-state index contributed by atoms with van der Waals surface area (Å²) in [6, 6.07) is 7.01. The molecule has 0 aliphatic carbocycles. The lowest BCUT2D eigenvalue weighted by atomic mass is 10.2. The summed E-state index contributed by atoms with van der Waals surface area (Å²) >= 11 is 0. The molecule has 158 valence electrons. The molecule has 0 radical (unpaired) electrons. The van der Waals surface area contributed by atoms with E-state index >= 15 is 0 Å². The van der Waals surface area contributed by atoms with Crippen molar-refractivity contribution in [2.45, 2.75) is 32.9 Å². The fourth-order valence-electron chi connectivity index (χ4n) is 3.20. The van der Waals surface area contributed by atoms with Crippen LogP contribution in [0.5, 0.6) is 0 Å². The van der Waals surface area contributed by atoms with E-state index in [4.69, 9.17) is 9.15 Å². The third kappa shape index (κ3) is 5.60. The van der Waals surface area contributed by atoms with Crippen molar-refractivity contribution < 1.29 is 18.7 Å². The molecular weight excluding hydrogens is 376 g/mol. The molecule has 29 heavy (non-hydrogen) atoms. The first kappa shape index (κ1) is 20.9. The summed E-state index contributed by atoms with van der Waals surface area (Å²) in [6.07, 6.45) is -0.289. The number of nitrogens with one attached hydrogen (secondary N) is 1. The second kappa shape index (κ2) is 8.69. The first-order valence-electron chi connectivity index (χ1n) is 9.78. The Morgan fingerprint density at radius 2 is 1.83 bits per heavy atom. The van der Waals surface area contributed by atoms with Gasteiger partial charge in [0.2, 0.25) is 5.91 Å². The van der Waals surface area contributed by atoms with E-state index in [2.05, 4.69) is 10.2 Å². The van der Waals surface area contributed by atoms with Crippen LogP contribution in [0.4, 0.5) is 4.79 Å². The van der Waals surface area contributed by atoms with E-state index in [-0.39, 0.29) is 18.5 Å². The standard InChI is InChI=1S/C20H28N4O5/c1-20(2,3)29-18(26)23-12-10-22(11-13-23)9-8-21-17(25)14-24-15-6-4-5-7-16(15)28-19(24)27/h4-7H,8-14H2,1-3H3,(H,21,25). The van der Waals surface area contributed by atoms with Gasteiger partial charge in [0, 0.05) is 39.3 Å². The van der Waals surface area contributed by atoms with Crippen LogP contribution in [0.2, 0.25) is 0 Å². The largest absolute Gasteiger partial charge is 0.444 e. The average Bonchev–Trinajstić information content (AvgIpc) is 2.96. The Bertz CT molecular complexity index is 919. The second-order valence-corrected chi connectivity index (χ2v) is 8.08. The Balaban J connectivity index is 1.41. The Labute approximate surface area is 169 Å². The average molecular weight is 404 g/mol. The highest BCUT2D eigenvalue weighted by molar-refractivity contribution is 5.79. The molecular formula is C20H28N4O5. The van der Waals surface area contributed by atoms with Crippen LogP contribution in [0.25, 0.3) is 11.1 Å². The minimum Gasteiger partial charge on any atom is -0.444 e. The van der Waals surface area contributed by atoms with Crippen LogP contribution in [0, 0.1) is 0 Å². The van der Waals surface area contributed by atoms with Crippen LogP contribution in [-0.2, 0) is 16.1 Å². The van der Waals surface area contributed by atoms with Crippen molar-refractivity contribution in [2.75, 3.05) is 39.3 Å². The van der Waals surface area contributed by atoms with Crippen LogP contribution in [0.15, 0.2) is 33.5 Å². The van der Waals surface area contributed by atoms with E-state index in [1.807, 2.05) is 20.8 Å². The summed E-state index contributed by atoms with van der Waals surface area (Å²) in [7, 11) is 0. The fourth-order valence-corrected chi connectivity index (χ4v) is 3.20. The molecule has 0 unspecified atom stereocenters. The maximum Gasteiger partial charge on any atom is 0.420 e. The SMILES string of the molecule is CC(C)(C)OC(=O)N1CCN(CCNC(=O)Cn2c(=O)oc3ccccc32)CC1. The van der Waals surface area contributed by atoms with E-state index in [0.29, 0.717) is 37.3 Å². The zero-order chi connectivity index (χ0) is 21.0. The molecule has 0 saturated carbocycles. The molecule has 0 atom stereocenters. The molecule has 2 heterocycles. The first-order chi connectivity index (χ1) is 13.7. The fraction of sp³-hybridized carbons (Fsp3) is 0.550. The van der Waals surface area contributed by atoms with Gasteiger partial charge in [-0.25, -0.2) is 9.59 Å². The molecule has 9 heteroatoms. The summed E-state index contributed by atoms with van der Waals surface area (Å²) in [5, 5.41) is 2.84. The molecule has 1 fully saturated rings. The Kier molecular flexibility index (Phi) is 6.26. The lowest BCUT2D eigenvalue weighted by molar-refractivity contribution is -0.121. The lowest BCUT2D eigenvalue weighted by Gasteiger charge is -2.35. The molecule has 0 bridgehead atoms. The quantitative estimate of drug-likeness (QED) is 0.806. The molecule has 1 aliphatic heterocycles. The number of rotatable bonds is 5. The highest BCUT2D eigenvalue weighted by atomic mass is 16.6. The van der Waals surface area contributed by atoms with Gasteiger partial charge in [-0.2, -0.15) is 0 Å². The summed E-state index contributed by atoms with van der Waals surface area (Å²) < 4.78 is 11.9. The second-order valence-electron chi connectivity index (χ2n) is 8.08. The van der Waals surface area contributed by atoms with E-state index in [1.54, 1.807) is 29.2 Å². The maximum atomic E-state index is 12.2. The van der Waals surface area contributed by atoms with Crippen molar-refractivity contribution in [2.24, 2.45) is 0 Å². The van der Waals surface area contributed by atoms with Gasteiger partial charge in [-0.15, -0.1) is 0 Å². The van der Waals surface area contributed by atoms with E-state index in [9.17, 15) is 14.4 Å². The molecule has 1 aliphatic rings. The van der Waals surface area contributed by atoms with Crippen molar-refractivity contribution in [1.29, 1.82) is 0 Å². The number of hydrogen-bond donors (Lipinski definition) is 1. The van der Waals surface area contributed by atoms with Crippen molar-refractivity contribution >= 4 is 23.1 Å². The van der Waals surface area contributed by atoms with Crippen LogP contribution < -0.4 is 11.1 Å². The van der Waals surface area contributed by atoms with Crippen LogP contribution >= 0.6 is 0 Å². The zero-order valence-corrected chi connectivity index (χ0v) is 17.1. The maximum absolute atomic E-state index is 12.2. The monoisotopic (exact) mass is 404 g/mol. The summed E-state index contributed by atoms with van der Waals surface area (Å²) in [5.74, 6) is -0.786. The summed E-state index contributed by atoms with van der Waals surface area (Å²) in [5.41, 5.74) is 0.569. The number of oxazole rings is 1. The third-order valence-electron chi connectivity index (χ3n) is 4.65. The topological polar surface area (TPSA) is 97.0 Å². The van der Waals surface area contributed by atoms with Crippen LogP contribution in [0.3, 0.4) is 0 Å². The molecule has 0 spiro atoms. The number of para-hydroxylation sites is 2. The van der Waals surface area contributed by atoms with Crippen molar-refractivity contribution in [3.05, 3.63) is 34.8 Å². The normalized spacial score (nSPS) is 15.5. The number of carbonyl (C=O) groups excluding carboxylic acids is 2. The number of nitrogens with zero attached hydrogens (tertiary/aromatic N) is 3. The van der Waals surface area contributed by atoms with Gasteiger partial charge in [0.05, 0.1) is 5.52 Å². The van der Waals surface area contributed by atoms with Gasteiger partial charge in [0.1, 0.15) is 12.1 Å². The molecule has 9 nitrogen and oxygen atoms in total. The number of hydrogen-bond acceptors (Lipinski definition) is 6. The number of amides is 2. The number of fused-ring (bicyclic) bond motifs is 1. The summed E-state index contributed by atoms with van der Waals surface area (Å²) in [6.45, 7) is 9.26. The number of carbonyl (C=O) groups is 2.